The molecule has 0 aliphatic carbocycles. The number of hydrogen-bond donors (Lipinski definition) is 2. The number of piperazine rings is 1. The lowest BCUT2D eigenvalue weighted by Gasteiger charge is -2.27. The molecule has 2 N–H and O–H groups in total. The van der Waals surface area contributed by atoms with Crippen LogP contribution < -0.4 is 10.6 Å². The number of anilines is 1. The van der Waals surface area contributed by atoms with Crippen molar-refractivity contribution in [2.75, 3.05) is 38.0 Å². The summed E-state index contributed by atoms with van der Waals surface area (Å²) in [6.45, 7) is 3.44. The summed E-state index contributed by atoms with van der Waals surface area (Å²) in [4.78, 5) is 18.2. The van der Waals surface area contributed by atoms with Crippen LogP contribution in [-0.4, -0.2) is 58.1 Å². The van der Waals surface area contributed by atoms with Crippen molar-refractivity contribution in [2.24, 2.45) is 0 Å². The van der Waals surface area contributed by atoms with Crippen LogP contribution in [0.25, 0.3) is 5.65 Å². The molecular formula is C12H15BrN6O. The van der Waals surface area contributed by atoms with E-state index in [2.05, 4.69) is 36.6 Å². The lowest BCUT2D eigenvalue weighted by Crippen LogP contribution is -2.48. The van der Waals surface area contributed by atoms with Crippen molar-refractivity contribution < 1.29 is 4.79 Å². The topological polar surface area (TPSA) is 74.6 Å². The number of fused-ring (bicyclic) bond motifs is 1. The van der Waals surface area contributed by atoms with Crippen LogP contribution >= 0.6 is 15.9 Å². The van der Waals surface area contributed by atoms with E-state index in [4.69, 9.17) is 0 Å². The highest BCUT2D eigenvalue weighted by Gasteiger charge is 2.16. The van der Waals surface area contributed by atoms with Crippen LogP contribution in [0.5, 0.6) is 0 Å². The van der Waals surface area contributed by atoms with E-state index in [0.717, 1.165) is 36.3 Å². The van der Waals surface area contributed by atoms with E-state index in [0.29, 0.717) is 5.95 Å². The molecule has 106 valence electrons. The molecule has 0 saturated carbocycles. The van der Waals surface area contributed by atoms with E-state index in [1.807, 2.05) is 23.2 Å². The van der Waals surface area contributed by atoms with Gasteiger partial charge in [-0.05, 0) is 28.1 Å². The minimum atomic E-state index is 0.0755. The Labute approximate surface area is 124 Å². The van der Waals surface area contributed by atoms with Gasteiger partial charge in [-0.25, -0.2) is 4.52 Å². The van der Waals surface area contributed by atoms with Gasteiger partial charge in [-0.15, -0.1) is 5.10 Å². The largest absolute Gasteiger partial charge is 0.344 e. The fraction of sp³-hybridized carbons (Fsp3) is 0.417. The van der Waals surface area contributed by atoms with Crippen molar-refractivity contribution in [3.05, 3.63) is 22.8 Å². The van der Waals surface area contributed by atoms with Crippen LogP contribution in [0.3, 0.4) is 0 Å². The summed E-state index contributed by atoms with van der Waals surface area (Å²) in [5.74, 6) is 0.540. The Morgan fingerprint density at radius 3 is 3.00 bits per heavy atom. The van der Waals surface area contributed by atoms with Gasteiger partial charge in [0.25, 0.3) is 0 Å². The molecular weight excluding hydrogens is 324 g/mol. The molecule has 1 saturated heterocycles. The normalized spacial score (nSPS) is 15.6. The van der Waals surface area contributed by atoms with Crippen LogP contribution in [0.4, 0.5) is 5.95 Å². The van der Waals surface area contributed by atoms with Crippen molar-refractivity contribution in [3.63, 3.8) is 0 Å². The van der Waals surface area contributed by atoms with E-state index in [9.17, 15) is 4.79 Å². The van der Waals surface area contributed by atoms with Crippen molar-refractivity contribution in [1.29, 1.82) is 0 Å². The van der Waals surface area contributed by atoms with Gasteiger partial charge in [0, 0.05) is 36.8 Å². The van der Waals surface area contributed by atoms with Crippen LogP contribution in [0.2, 0.25) is 0 Å². The number of nitrogens with zero attached hydrogens (tertiary/aromatic N) is 4. The van der Waals surface area contributed by atoms with Gasteiger partial charge in [0.15, 0.2) is 5.65 Å². The third-order valence-electron chi connectivity index (χ3n) is 3.16. The zero-order chi connectivity index (χ0) is 13.9. The van der Waals surface area contributed by atoms with Gasteiger partial charge in [-0.1, -0.05) is 0 Å². The van der Waals surface area contributed by atoms with E-state index in [1.165, 1.54) is 0 Å². The molecule has 0 aromatic carbocycles. The molecule has 20 heavy (non-hydrogen) atoms. The van der Waals surface area contributed by atoms with Gasteiger partial charge >= 0.3 is 0 Å². The smallest absolute Gasteiger partial charge is 0.243 e. The number of aromatic nitrogens is 3. The maximum absolute atomic E-state index is 12.0. The number of amides is 1. The number of carbonyl (C=O) groups excluding carboxylic acids is 1. The molecule has 2 aromatic heterocycles. The third-order valence-corrected chi connectivity index (χ3v) is 3.63. The molecule has 0 bridgehead atoms. The Hall–Kier alpha value is -1.67. The standard InChI is InChI=1S/C12H15BrN6O/c13-9-1-2-10-16-12(17-19(10)8-9)15-7-11(20)18-5-3-14-4-6-18/h1-2,8,14H,3-7H2,(H,15,17). The lowest BCUT2D eigenvalue weighted by atomic mass is 10.3. The second kappa shape index (κ2) is 5.76. The Morgan fingerprint density at radius 1 is 1.40 bits per heavy atom. The molecule has 0 radical (unpaired) electrons. The molecule has 1 aliphatic heterocycles. The highest BCUT2D eigenvalue weighted by Crippen LogP contribution is 2.12. The van der Waals surface area contributed by atoms with Crippen molar-refractivity contribution in [2.45, 2.75) is 0 Å². The number of carbonyl (C=O) groups is 1. The number of halogens is 1. The minimum Gasteiger partial charge on any atom is -0.344 e. The van der Waals surface area contributed by atoms with Crippen molar-refractivity contribution >= 4 is 33.4 Å². The van der Waals surface area contributed by atoms with Crippen LogP contribution in [0.1, 0.15) is 0 Å². The van der Waals surface area contributed by atoms with Crippen LogP contribution in [-0.2, 0) is 4.79 Å². The fourth-order valence-corrected chi connectivity index (χ4v) is 2.44. The molecule has 3 heterocycles. The van der Waals surface area contributed by atoms with Gasteiger partial charge in [0.05, 0.1) is 6.54 Å². The maximum atomic E-state index is 12.0. The van der Waals surface area contributed by atoms with Gasteiger partial charge < -0.3 is 15.5 Å². The fourth-order valence-electron chi connectivity index (χ4n) is 2.11. The summed E-state index contributed by atoms with van der Waals surface area (Å²) in [5, 5.41) is 10.5. The van der Waals surface area contributed by atoms with Gasteiger partial charge in [0.1, 0.15) is 0 Å². The average Bonchev–Trinajstić information content (AvgIpc) is 2.87. The molecule has 8 heteroatoms. The van der Waals surface area contributed by atoms with Gasteiger partial charge in [-0.2, -0.15) is 4.98 Å². The third kappa shape index (κ3) is 2.91. The summed E-state index contributed by atoms with van der Waals surface area (Å²) in [5.41, 5.74) is 0.741. The highest BCUT2D eigenvalue weighted by molar-refractivity contribution is 9.10. The molecule has 1 fully saturated rings. The maximum Gasteiger partial charge on any atom is 0.243 e. The molecule has 7 nitrogen and oxygen atoms in total. The summed E-state index contributed by atoms with van der Waals surface area (Å²) >= 11 is 3.38. The molecule has 2 aromatic rings. The first-order valence-electron chi connectivity index (χ1n) is 6.47. The zero-order valence-electron chi connectivity index (χ0n) is 10.8. The van der Waals surface area contributed by atoms with E-state index in [-0.39, 0.29) is 12.5 Å². The molecule has 3 rings (SSSR count). The lowest BCUT2D eigenvalue weighted by molar-refractivity contribution is -0.129. The number of nitrogens with one attached hydrogen (secondary N) is 2. The molecule has 0 atom stereocenters. The highest BCUT2D eigenvalue weighted by atomic mass is 79.9. The first-order valence-corrected chi connectivity index (χ1v) is 7.26. The average molecular weight is 339 g/mol. The zero-order valence-corrected chi connectivity index (χ0v) is 12.4. The molecule has 1 aliphatic rings. The van der Waals surface area contributed by atoms with Crippen LogP contribution in [0, 0.1) is 0 Å². The minimum absolute atomic E-state index is 0.0755. The second-order valence-electron chi connectivity index (χ2n) is 4.57. The monoisotopic (exact) mass is 338 g/mol. The Morgan fingerprint density at radius 2 is 2.20 bits per heavy atom. The second-order valence-corrected chi connectivity index (χ2v) is 5.49. The molecule has 0 unspecified atom stereocenters. The SMILES string of the molecule is O=C(CNc1nc2ccc(Br)cn2n1)N1CCNCC1. The molecule has 0 spiro atoms. The number of pyridine rings is 1. The summed E-state index contributed by atoms with van der Waals surface area (Å²) in [6.07, 6.45) is 1.83. The summed E-state index contributed by atoms with van der Waals surface area (Å²) in [7, 11) is 0. The van der Waals surface area contributed by atoms with E-state index >= 15 is 0 Å². The van der Waals surface area contributed by atoms with Crippen LogP contribution in [0.15, 0.2) is 22.8 Å². The Bertz CT molecular complexity index is 621. The quantitative estimate of drug-likeness (QED) is 0.843. The summed E-state index contributed by atoms with van der Waals surface area (Å²) < 4.78 is 2.60. The first-order chi connectivity index (χ1) is 9.72. The van der Waals surface area contributed by atoms with Gasteiger partial charge in [-0.3, -0.25) is 4.79 Å². The Balaban J connectivity index is 1.63. The Kier molecular flexibility index (Phi) is 3.83. The van der Waals surface area contributed by atoms with E-state index in [1.54, 1.807) is 4.52 Å². The van der Waals surface area contributed by atoms with Crippen molar-refractivity contribution in [1.82, 2.24) is 24.8 Å². The molecule has 1 amide bonds. The predicted molar refractivity (Wildman–Crippen MR) is 78.6 cm³/mol. The summed E-state index contributed by atoms with van der Waals surface area (Å²) in [6, 6.07) is 3.76. The number of hydrogen-bond acceptors (Lipinski definition) is 5. The predicted octanol–water partition coefficient (Wildman–Crippen LogP) is 0.335. The van der Waals surface area contributed by atoms with Gasteiger partial charge in [0.2, 0.25) is 11.9 Å². The van der Waals surface area contributed by atoms with Crippen molar-refractivity contribution in [3.8, 4) is 0 Å². The van der Waals surface area contributed by atoms with E-state index < -0.39 is 0 Å². The first kappa shape index (κ1) is 13.3. The number of rotatable bonds is 3.